The Bertz CT molecular complexity index is 1250. The van der Waals surface area contributed by atoms with Crippen LogP contribution in [-0.2, 0) is 9.59 Å². The number of hydrogen-bond donors (Lipinski definition) is 1. The van der Waals surface area contributed by atoms with Gasteiger partial charge < -0.3 is 19.7 Å². The molecule has 1 aromatic carbocycles. The summed E-state index contributed by atoms with van der Waals surface area (Å²) in [6.07, 6.45) is 7.63. The first-order chi connectivity index (χ1) is 18.4. The van der Waals surface area contributed by atoms with Crippen LogP contribution in [0.3, 0.4) is 0 Å². The van der Waals surface area contributed by atoms with Gasteiger partial charge in [-0.2, -0.15) is 5.10 Å². The maximum Gasteiger partial charge on any atom is 0.223 e. The molecule has 2 heterocycles. The number of ether oxygens (including phenoxy) is 2. The molecule has 0 spiro atoms. The number of nitrogens with one attached hydrogen (secondary N) is 1. The number of aromatic nitrogens is 3. The molecular formula is C29H39N5O4. The average Bonchev–Trinajstić information content (AvgIpc) is 3.62. The first kappa shape index (κ1) is 27.4. The van der Waals surface area contributed by atoms with Crippen LogP contribution in [-0.4, -0.2) is 64.8 Å². The second-order valence-electron chi connectivity index (χ2n) is 10.1. The largest absolute Gasteiger partial charge is 0.497 e. The first-order valence-corrected chi connectivity index (χ1v) is 13.6. The highest BCUT2D eigenvalue weighted by Gasteiger charge is 2.29. The highest BCUT2D eigenvalue weighted by Crippen LogP contribution is 2.30. The fraction of sp³-hybridized carbons (Fsp3) is 0.517. The van der Waals surface area contributed by atoms with Crippen molar-refractivity contribution in [2.24, 2.45) is 5.92 Å². The topological polar surface area (TPSA) is 98.6 Å². The number of unbranched alkanes of at least 4 members (excludes halogenated alkanes) is 2. The molecule has 38 heavy (non-hydrogen) atoms. The van der Waals surface area contributed by atoms with E-state index in [1.165, 1.54) is 0 Å². The number of hydrogen-bond acceptors (Lipinski definition) is 6. The zero-order chi connectivity index (χ0) is 27.1. The highest BCUT2D eigenvalue weighted by molar-refractivity contribution is 5.87. The van der Waals surface area contributed by atoms with Gasteiger partial charge in [0.25, 0.3) is 0 Å². The maximum absolute atomic E-state index is 13.0. The minimum Gasteiger partial charge on any atom is -0.497 e. The van der Waals surface area contributed by atoms with Crippen LogP contribution in [0, 0.1) is 12.8 Å². The van der Waals surface area contributed by atoms with E-state index < -0.39 is 5.92 Å². The van der Waals surface area contributed by atoms with Crippen molar-refractivity contribution >= 4 is 22.7 Å². The summed E-state index contributed by atoms with van der Waals surface area (Å²) < 4.78 is 13.4. The Balaban J connectivity index is 1.49. The minimum atomic E-state index is -0.446. The molecular weight excluding hydrogens is 482 g/mol. The number of fused-ring (bicyclic) bond motifs is 1. The van der Waals surface area contributed by atoms with Crippen LogP contribution < -0.4 is 14.8 Å². The lowest BCUT2D eigenvalue weighted by atomic mass is 9.99. The summed E-state index contributed by atoms with van der Waals surface area (Å²) in [5.41, 5.74) is 1.60. The van der Waals surface area contributed by atoms with E-state index in [1.54, 1.807) is 16.7 Å². The van der Waals surface area contributed by atoms with Gasteiger partial charge in [-0.3, -0.25) is 9.59 Å². The van der Waals surface area contributed by atoms with Crippen molar-refractivity contribution < 1.29 is 19.1 Å². The molecule has 1 aliphatic rings. The summed E-state index contributed by atoms with van der Waals surface area (Å²) in [4.78, 5) is 32.4. The summed E-state index contributed by atoms with van der Waals surface area (Å²) in [7, 11) is 3.44. The molecule has 0 aliphatic heterocycles. The third kappa shape index (κ3) is 7.24. The van der Waals surface area contributed by atoms with Gasteiger partial charge in [0, 0.05) is 55.7 Å². The SMILES string of the molecule is CCCCCN(C)C(=O)CC(CCOc1cc(-n2ccc(C)n2)nc2cc(OC)ccc12)C(=O)NC1CC1. The Kier molecular flexibility index (Phi) is 9.20. The normalized spacial score (nSPS) is 13.8. The molecule has 9 nitrogen and oxygen atoms in total. The lowest BCUT2D eigenvalue weighted by Crippen LogP contribution is -2.37. The van der Waals surface area contributed by atoms with E-state index in [0.29, 0.717) is 30.3 Å². The van der Waals surface area contributed by atoms with E-state index in [9.17, 15) is 9.59 Å². The number of carbonyl (C=O) groups is 2. The zero-order valence-corrected chi connectivity index (χ0v) is 22.9. The molecule has 9 heteroatoms. The van der Waals surface area contributed by atoms with Crippen molar-refractivity contribution in [2.75, 3.05) is 27.3 Å². The summed E-state index contributed by atoms with van der Waals surface area (Å²) in [5.74, 6) is 1.45. The lowest BCUT2D eigenvalue weighted by Gasteiger charge is -2.22. The quantitative estimate of drug-likeness (QED) is 0.315. The molecule has 1 atom stereocenters. The molecule has 2 aromatic heterocycles. The van der Waals surface area contributed by atoms with E-state index >= 15 is 0 Å². The van der Waals surface area contributed by atoms with Crippen molar-refractivity contribution in [3.8, 4) is 17.3 Å². The molecule has 0 bridgehead atoms. The van der Waals surface area contributed by atoms with Gasteiger partial charge in [0.2, 0.25) is 11.8 Å². The molecule has 0 radical (unpaired) electrons. The molecule has 1 fully saturated rings. The van der Waals surface area contributed by atoms with Gasteiger partial charge in [-0.25, -0.2) is 9.67 Å². The van der Waals surface area contributed by atoms with Gasteiger partial charge in [0.1, 0.15) is 11.5 Å². The van der Waals surface area contributed by atoms with E-state index in [1.807, 2.05) is 50.5 Å². The molecule has 4 rings (SSSR count). The standard InChI is InChI=1S/C29H39N5O4/c1-5-6-7-14-33(3)28(35)17-21(29(36)30-22-8-9-22)13-16-38-26-19-27(34-15-12-20(2)32-34)31-25-18-23(37-4)10-11-24(25)26/h10-12,15,18-19,21-22H,5-9,13-14,16-17H2,1-4H3,(H,30,36). The Morgan fingerprint density at radius 2 is 2.03 bits per heavy atom. The third-order valence-electron chi connectivity index (χ3n) is 6.88. The van der Waals surface area contributed by atoms with Crippen LogP contribution in [0.25, 0.3) is 16.7 Å². The summed E-state index contributed by atoms with van der Waals surface area (Å²) in [6, 6.07) is 9.65. The molecule has 1 unspecified atom stereocenters. The maximum atomic E-state index is 13.0. The van der Waals surface area contributed by atoms with Gasteiger partial charge in [0.05, 0.1) is 24.9 Å². The Labute approximate surface area is 224 Å². The average molecular weight is 522 g/mol. The molecule has 1 aliphatic carbocycles. The molecule has 0 saturated heterocycles. The predicted molar refractivity (Wildman–Crippen MR) is 147 cm³/mol. The number of carbonyl (C=O) groups excluding carboxylic acids is 2. The van der Waals surface area contributed by atoms with Crippen molar-refractivity contribution in [2.45, 2.75) is 64.8 Å². The van der Waals surface area contributed by atoms with Crippen molar-refractivity contribution in [3.63, 3.8) is 0 Å². The van der Waals surface area contributed by atoms with Crippen LogP contribution in [0.4, 0.5) is 0 Å². The van der Waals surface area contributed by atoms with Crippen LogP contribution in [0.5, 0.6) is 11.5 Å². The molecule has 3 aromatic rings. The fourth-order valence-electron chi connectivity index (χ4n) is 4.34. The molecule has 1 saturated carbocycles. The van der Waals surface area contributed by atoms with Crippen LogP contribution in [0.2, 0.25) is 0 Å². The number of amides is 2. The molecule has 204 valence electrons. The van der Waals surface area contributed by atoms with Crippen molar-refractivity contribution in [3.05, 3.63) is 42.2 Å². The van der Waals surface area contributed by atoms with E-state index in [2.05, 4.69) is 17.3 Å². The van der Waals surface area contributed by atoms with Crippen LogP contribution >= 0.6 is 0 Å². The van der Waals surface area contributed by atoms with Crippen molar-refractivity contribution in [1.82, 2.24) is 25.0 Å². The van der Waals surface area contributed by atoms with Gasteiger partial charge in [-0.05, 0) is 50.8 Å². The van der Waals surface area contributed by atoms with Gasteiger partial charge >= 0.3 is 0 Å². The predicted octanol–water partition coefficient (Wildman–Crippen LogP) is 4.44. The van der Waals surface area contributed by atoms with E-state index in [4.69, 9.17) is 14.5 Å². The van der Waals surface area contributed by atoms with Crippen LogP contribution in [0.15, 0.2) is 36.5 Å². The van der Waals surface area contributed by atoms with E-state index in [-0.39, 0.29) is 30.9 Å². The Morgan fingerprint density at radius 3 is 2.71 bits per heavy atom. The first-order valence-electron chi connectivity index (χ1n) is 13.6. The Morgan fingerprint density at radius 1 is 1.21 bits per heavy atom. The minimum absolute atomic E-state index is 0.00477. The second kappa shape index (κ2) is 12.8. The third-order valence-corrected chi connectivity index (χ3v) is 6.88. The second-order valence-corrected chi connectivity index (χ2v) is 10.1. The zero-order valence-electron chi connectivity index (χ0n) is 22.9. The number of benzene rings is 1. The van der Waals surface area contributed by atoms with Gasteiger partial charge in [0.15, 0.2) is 5.82 Å². The molecule has 1 N–H and O–H groups in total. The lowest BCUT2D eigenvalue weighted by molar-refractivity contribution is -0.135. The summed E-state index contributed by atoms with van der Waals surface area (Å²) in [5, 5.41) is 8.40. The van der Waals surface area contributed by atoms with Gasteiger partial charge in [-0.15, -0.1) is 0 Å². The number of methoxy groups -OCH3 is 1. The monoisotopic (exact) mass is 521 g/mol. The van der Waals surface area contributed by atoms with Crippen LogP contribution in [0.1, 0.15) is 57.6 Å². The summed E-state index contributed by atoms with van der Waals surface area (Å²) >= 11 is 0. The number of rotatable bonds is 14. The smallest absolute Gasteiger partial charge is 0.223 e. The van der Waals surface area contributed by atoms with Gasteiger partial charge in [-0.1, -0.05) is 19.8 Å². The van der Waals surface area contributed by atoms with E-state index in [0.717, 1.165) is 48.7 Å². The summed E-state index contributed by atoms with van der Waals surface area (Å²) in [6.45, 7) is 5.07. The fourth-order valence-corrected chi connectivity index (χ4v) is 4.34. The number of aryl methyl sites for hydroxylation is 1. The number of nitrogens with zero attached hydrogens (tertiary/aromatic N) is 4. The van der Waals surface area contributed by atoms with Crippen molar-refractivity contribution in [1.29, 1.82) is 0 Å². The Hall–Kier alpha value is -3.62. The molecule has 2 amide bonds. The number of pyridine rings is 1. The highest BCUT2D eigenvalue weighted by atomic mass is 16.5.